The Bertz CT molecular complexity index is 1570. The molecule has 0 bridgehead atoms. The lowest BCUT2D eigenvalue weighted by atomic mass is 10.0. The van der Waals surface area contributed by atoms with Gasteiger partial charge in [-0.15, -0.1) is 0 Å². The van der Waals surface area contributed by atoms with Crippen molar-refractivity contribution >= 4 is 75.4 Å². The van der Waals surface area contributed by atoms with Crippen molar-refractivity contribution in [2.45, 2.75) is 155 Å². The fourth-order valence-corrected chi connectivity index (χ4v) is 6.89. The molecule has 0 saturated carbocycles. The predicted molar refractivity (Wildman–Crippen MR) is 255 cm³/mol. The summed E-state index contributed by atoms with van der Waals surface area (Å²) in [6.07, 6.45) is 13.1. The maximum atomic E-state index is 12.3. The summed E-state index contributed by atoms with van der Waals surface area (Å²) in [5, 5.41) is 46.6. The van der Waals surface area contributed by atoms with Gasteiger partial charge in [-0.3, -0.25) is 44.4 Å². The largest absolute Gasteiger partial charge is 0.362 e. The van der Waals surface area contributed by atoms with E-state index in [4.69, 9.17) is 24.4 Å². The van der Waals surface area contributed by atoms with Gasteiger partial charge in [0.25, 0.3) is 0 Å². The zero-order chi connectivity index (χ0) is 47.5. The number of benzene rings is 1. The number of amides is 5. The van der Waals surface area contributed by atoms with Crippen LogP contribution in [0.25, 0.3) is 0 Å². The number of Topliss-reactive ketones (excluding diaryl/α,β-unsaturated/α-hetero) is 1. The van der Waals surface area contributed by atoms with Crippen LogP contribution in [-0.2, 0) is 35.2 Å². The summed E-state index contributed by atoms with van der Waals surface area (Å²) in [4.78, 5) is 72.5. The number of anilines is 1. The number of nitrogens with one attached hydrogen (secondary N) is 5. The maximum Gasteiger partial charge on any atom is 0.246 e. The van der Waals surface area contributed by atoms with Gasteiger partial charge in [0, 0.05) is 90.4 Å². The zero-order valence-corrected chi connectivity index (χ0v) is 40.1. The third-order valence-electron chi connectivity index (χ3n) is 10.5. The molecule has 0 saturated heterocycles. The predicted octanol–water partition coefficient (Wildman–Crippen LogP) is 5.77. The quantitative estimate of drug-likeness (QED) is 0.0171. The van der Waals surface area contributed by atoms with Crippen molar-refractivity contribution in [1.29, 1.82) is 0 Å². The number of nitrogens with zero attached hydrogens (tertiary/aromatic N) is 3. The van der Waals surface area contributed by atoms with Crippen LogP contribution in [0.4, 0.5) is 5.69 Å². The van der Waals surface area contributed by atoms with Crippen LogP contribution in [0, 0.1) is 0 Å². The molecular weight excluding hydrogens is 861 g/mol. The second kappa shape index (κ2) is 36.1. The highest BCUT2D eigenvalue weighted by Crippen LogP contribution is 2.14. The molecule has 0 aromatic heterocycles. The van der Waals surface area contributed by atoms with Gasteiger partial charge in [0.2, 0.25) is 29.5 Å². The van der Waals surface area contributed by atoms with E-state index in [0.717, 1.165) is 73.9 Å². The number of hydrogen-bond donors (Lipinski definition) is 8. The Morgan fingerprint density at radius 3 is 1.48 bits per heavy atom. The molecule has 0 radical (unpaired) electrons. The zero-order valence-electron chi connectivity index (χ0n) is 38.4. The molecule has 0 unspecified atom stereocenters. The first-order chi connectivity index (χ1) is 30.6. The Morgan fingerprint density at radius 2 is 1.00 bits per heavy atom. The minimum atomic E-state index is -0.559. The summed E-state index contributed by atoms with van der Waals surface area (Å²) in [6.45, 7) is 5.06. The second-order valence-corrected chi connectivity index (χ2v) is 17.1. The number of unbranched alkanes of at least 4 members (excludes halogenated alkanes) is 10. The van der Waals surface area contributed by atoms with E-state index < -0.39 is 17.7 Å². The van der Waals surface area contributed by atoms with Crippen molar-refractivity contribution in [2.75, 3.05) is 51.6 Å². The number of likely N-dealkylation sites (N-methyl/N-ethyl adjacent to an activating group) is 1. The monoisotopic (exact) mass is 937 g/mol. The summed E-state index contributed by atoms with van der Waals surface area (Å²) in [6, 6.07) is 7.99. The molecule has 1 aromatic rings. The lowest BCUT2D eigenvalue weighted by Crippen LogP contribution is -2.31. The summed E-state index contributed by atoms with van der Waals surface area (Å²) < 4.78 is 0. The van der Waals surface area contributed by atoms with E-state index in [-0.39, 0.29) is 69.0 Å². The van der Waals surface area contributed by atoms with E-state index in [0.29, 0.717) is 91.3 Å². The van der Waals surface area contributed by atoms with Gasteiger partial charge in [-0.2, -0.15) is 0 Å². The number of hydrogen-bond acceptors (Lipinski definition) is 12. The third kappa shape index (κ3) is 30.1. The molecule has 8 N–H and O–H groups in total. The fraction of sp³-hybridized carbons (Fsp3) is 0.689. The van der Waals surface area contributed by atoms with Crippen LogP contribution in [0.15, 0.2) is 24.3 Å². The van der Waals surface area contributed by atoms with Gasteiger partial charge < -0.3 is 26.6 Å². The molecule has 0 aliphatic heterocycles. The smallest absolute Gasteiger partial charge is 0.246 e. The van der Waals surface area contributed by atoms with Crippen molar-refractivity contribution in [1.82, 2.24) is 36.5 Å². The molecule has 5 amide bonds. The Labute approximate surface area is 391 Å². The molecule has 1 rings (SSSR count). The standard InChI is InChI=1S/C45H76N8O9S2/c1-35(46-3)40(55)19-11-6-4-5-10-18-39(63)34-37-20-22-38(23-21-37)50-45(64)49-30-14-9-17-33-53(62)44(59)27-25-42(57)48-29-13-8-16-32-52(61)43(58)26-24-41(56)47-28-12-7-15-31-51(60)36(2)54/h20-23,35,46,60-62H,4-19,24-34H2,1-3H3,(H,47,56)(H,48,57)(H2,49,50,64)/t35-/m0/s1. The molecule has 0 aliphatic rings. The molecule has 0 heterocycles. The van der Waals surface area contributed by atoms with E-state index in [9.17, 15) is 44.4 Å². The maximum absolute atomic E-state index is 12.3. The molecule has 0 aliphatic carbocycles. The molecule has 17 nitrogen and oxygen atoms in total. The van der Waals surface area contributed by atoms with Crippen LogP contribution >= 0.6 is 24.4 Å². The van der Waals surface area contributed by atoms with Crippen LogP contribution in [0.5, 0.6) is 0 Å². The summed E-state index contributed by atoms with van der Waals surface area (Å²) >= 11 is 11.1. The fourth-order valence-electron chi connectivity index (χ4n) is 6.36. The number of hydroxylamine groups is 6. The SMILES string of the molecule is CN[C@@H](C)C(=O)CCCCCCCC(=S)Cc1ccc(NC(=S)NCCCCCN(O)C(=O)CCC(=O)NCCCCCN(O)C(=O)CCC(=O)NCCCCCN(O)C(C)=O)cc1. The average Bonchev–Trinajstić information content (AvgIpc) is 3.27. The first-order valence-electron chi connectivity index (χ1n) is 23.0. The van der Waals surface area contributed by atoms with Crippen molar-refractivity contribution in [3.05, 3.63) is 29.8 Å². The lowest BCUT2D eigenvalue weighted by molar-refractivity contribution is -0.166. The van der Waals surface area contributed by atoms with Crippen LogP contribution < -0.4 is 26.6 Å². The number of ketones is 1. The average molecular weight is 937 g/mol. The van der Waals surface area contributed by atoms with Gasteiger partial charge in [-0.1, -0.05) is 43.6 Å². The van der Waals surface area contributed by atoms with Crippen LogP contribution in [0.3, 0.4) is 0 Å². The number of rotatable bonds is 37. The molecule has 19 heteroatoms. The summed E-state index contributed by atoms with van der Waals surface area (Å²) in [5.74, 6) is -1.85. The van der Waals surface area contributed by atoms with Gasteiger partial charge >= 0.3 is 0 Å². The van der Waals surface area contributed by atoms with E-state index in [2.05, 4.69) is 26.6 Å². The van der Waals surface area contributed by atoms with Crippen LogP contribution in [-0.4, -0.2) is 128 Å². The first-order valence-corrected chi connectivity index (χ1v) is 23.8. The van der Waals surface area contributed by atoms with E-state index in [1.54, 1.807) is 0 Å². The topological polar surface area (TPSA) is 233 Å². The molecule has 1 aromatic carbocycles. The van der Waals surface area contributed by atoms with Crippen molar-refractivity contribution in [3.63, 3.8) is 0 Å². The van der Waals surface area contributed by atoms with E-state index in [1.807, 2.05) is 38.2 Å². The number of carbonyl (C=O) groups is 6. The molecule has 0 spiro atoms. The molecule has 64 heavy (non-hydrogen) atoms. The minimum absolute atomic E-state index is 0.0544. The Morgan fingerprint density at radius 1 is 0.562 bits per heavy atom. The summed E-state index contributed by atoms with van der Waals surface area (Å²) in [5.41, 5.74) is 2.03. The van der Waals surface area contributed by atoms with Gasteiger partial charge in [-0.25, -0.2) is 15.2 Å². The van der Waals surface area contributed by atoms with Crippen LogP contribution in [0.1, 0.15) is 148 Å². The summed E-state index contributed by atoms with van der Waals surface area (Å²) in [7, 11) is 1.81. The highest BCUT2D eigenvalue weighted by atomic mass is 32.1. The van der Waals surface area contributed by atoms with Crippen LogP contribution in [0.2, 0.25) is 0 Å². The van der Waals surface area contributed by atoms with E-state index >= 15 is 0 Å². The molecule has 362 valence electrons. The molecule has 1 atom stereocenters. The van der Waals surface area contributed by atoms with Gasteiger partial charge in [0.1, 0.15) is 5.78 Å². The van der Waals surface area contributed by atoms with Crippen molar-refractivity contribution in [3.8, 4) is 0 Å². The van der Waals surface area contributed by atoms with E-state index in [1.165, 1.54) is 6.92 Å². The minimum Gasteiger partial charge on any atom is -0.362 e. The molecule has 0 fully saturated rings. The Hall–Kier alpha value is -4.14. The highest BCUT2D eigenvalue weighted by Gasteiger charge is 2.15. The third-order valence-corrected chi connectivity index (χ3v) is 11.1. The lowest BCUT2D eigenvalue weighted by Gasteiger charge is -2.15. The highest BCUT2D eigenvalue weighted by molar-refractivity contribution is 7.80. The van der Waals surface area contributed by atoms with Crippen molar-refractivity contribution < 1.29 is 44.4 Å². The normalized spacial score (nSPS) is 11.3. The number of thiocarbonyl (C=S) groups is 2. The van der Waals surface area contributed by atoms with Crippen molar-refractivity contribution in [2.24, 2.45) is 0 Å². The number of carbonyl (C=O) groups excluding carboxylic acids is 6. The van der Waals surface area contributed by atoms with Gasteiger partial charge in [0.15, 0.2) is 5.11 Å². The Balaban J connectivity index is 2.05. The van der Waals surface area contributed by atoms with Gasteiger partial charge in [0.05, 0.1) is 6.04 Å². The first kappa shape index (κ1) is 57.9. The second-order valence-electron chi connectivity index (χ2n) is 16.1. The molecular formula is C45H76N8O9S2. The Kier molecular flexibility index (Phi) is 32.7. The van der Waals surface area contributed by atoms with Gasteiger partial charge in [-0.05, 0) is 126 Å².